The van der Waals surface area contributed by atoms with E-state index in [0.29, 0.717) is 35.2 Å². The Morgan fingerprint density at radius 2 is 1.95 bits per heavy atom. The van der Waals surface area contributed by atoms with E-state index in [1.54, 1.807) is 6.92 Å². The lowest BCUT2D eigenvalue weighted by Gasteiger charge is -2.45. The summed E-state index contributed by atoms with van der Waals surface area (Å²) in [5.74, 6) is 1.81. The van der Waals surface area contributed by atoms with Crippen LogP contribution in [0.3, 0.4) is 0 Å². The Morgan fingerprint density at radius 1 is 1.30 bits per heavy atom. The molecule has 3 N–H and O–H groups in total. The highest BCUT2D eigenvalue weighted by molar-refractivity contribution is 5.92. The number of aryl methyl sites for hydroxylation is 2. The van der Waals surface area contributed by atoms with Crippen LogP contribution in [0.5, 0.6) is 0 Å². The highest BCUT2D eigenvalue weighted by Gasteiger charge is 2.40. The van der Waals surface area contributed by atoms with Gasteiger partial charge in [-0.3, -0.25) is 4.79 Å². The number of hydrogen-bond acceptors (Lipinski definition) is 4. The number of nitrogens with two attached hydrogens (primary N) is 1. The molecule has 3 rings (SSSR count). The van der Waals surface area contributed by atoms with Gasteiger partial charge in [-0.15, -0.1) is 0 Å². The number of carbonyl (C=O) groups excluding carboxylic acids is 1. The van der Waals surface area contributed by atoms with Gasteiger partial charge >= 0.3 is 0 Å². The topological polar surface area (TPSA) is 81.2 Å². The van der Waals surface area contributed by atoms with Crippen molar-refractivity contribution in [3.05, 3.63) is 17.3 Å². The molecule has 5 heteroatoms. The van der Waals surface area contributed by atoms with Gasteiger partial charge in [0.1, 0.15) is 0 Å². The minimum absolute atomic E-state index is 0.125. The average molecular weight is 277 g/mol. The summed E-state index contributed by atoms with van der Waals surface area (Å²) in [4.78, 5) is 16.5. The Labute approximate surface area is 119 Å². The van der Waals surface area contributed by atoms with Crippen molar-refractivity contribution in [2.75, 3.05) is 0 Å². The van der Waals surface area contributed by atoms with Crippen LogP contribution in [0, 0.1) is 25.7 Å². The summed E-state index contributed by atoms with van der Waals surface area (Å²) in [5, 5.41) is 3.18. The van der Waals surface area contributed by atoms with Gasteiger partial charge in [0.2, 0.25) is 5.76 Å². The molecule has 2 aliphatic rings. The summed E-state index contributed by atoms with van der Waals surface area (Å²) in [6.07, 6.45) is 5.65. The third-order valence-corrected chi connectivity index (χ3v) is 4.78. The van der Waals surface area contributed by atoms with Crippen LogP contribution in [0.15, 0.2) is 4.42 Å². The van der Waals surface area contributed by atoms with Crippen LogP contribution >= 0.6 is 0 Å². The molecule has 2 saturated carbocycles. The molecule has 1 amide bonds. The second-order valence-corrected chi connectivity index (χ2v) is 6.33. The minimum Gasteiger partial charge on any atom is -0.436 e. The normalized spacial score (nSPS) is 33.0. The van der Waals surface area contributed by atoms with Crippen LogP contribution in [-0.4, -0.2) is 23.0 Å². The van der Waals surface area contributed by atoms with E-state index in [2.05, 4.69) is 10.3 Å². The van der Waals surface area contributed by atoms with Gasteiger partial charge in [0.05, 0.1) is 5.69 Å². The number of rotatable bonds is 2. The second kappa shape index (κ2) is 5.20. The Kier molecular flexibility index (Phi) is 3.54. The van der Waals surface area contributed by atoms with Crippen molar-refractivity contribution < 1.29 is 9.21 Å². The van der Waals surface area contributed by atoms with Crippen molar-refractivity contribution in [3.63, 3.8) is 0 Å². The van der Waals surface area contributed by atoms with Crippen molar-refractivity contribution in [1.29, 1.82) is 0 Å². The first-order valence-electron chi connectivity index (χ1n) is 7.55. The number of amides is 1. The molecule has 110 valence electrons. The summed E-state index contributed by atoms with van der Waals surface area (Å²) < 4.78 is 5.41. The van der Waals surface area contributed by atoms with Gasteiger partial charge in [0.25, 0.3) is 5.91 Å². The fourth-order valence-corrected chi connectivity index (χ4v) is 3.98. The Balaban J connectivity index is 1.74. The van der Waals surface area contributed by atoms with E-state index in [1.807, 2.05) is 6.92 Å². The van der Waals surface area contributed by atoms with Gasteiger partial charge in [0, 0.05) is 19.0 Å². The summed E-state index contributed by atoms with van der Waals surface area (Å²) in [6.45, 7) is 3.57. The molecule has 5 nitrogen and oxygen atoms in total. The standard InChI is InChI=1S/C15H23N3O2/c1-8-14(20-9(2)17-8)15(19)18-13-10-4-3-5-11(13)7-12(16)6-10/h10-13H,3-7,16H2,1-2H3,(H,18,19). The molecular formula is C15H23N3O2. The summed E-state index contributed by atoms with van der Waals surface area (Å²) in [5.41, 5.74) is 6.78. The van der Waals surface area contributed by atoms with E-state index in [1.165, 1.54) is 19.3 Å². The van der Waals surface area contributed by atoms with E-state index in [4.69, 9.17) is 10.2 Å². The molecule has 0 aliphatic heterocycles. The maximum Gasteiger partial charge on any atom is 0.289 e. The molecule has 0 saturated heterocycles. The number of fused-ring (bicyclic) bond motifs is 2. The van der Waals surface area contributed by atoms with Crippen molar-refractivity contribution in [2.24, 2.45) is 17.6 Å². The zero-order valence-electron chi connectivity index (χ0n) is 12.2. The number of aromatic nitrogens is 1. The molecule has 2 atom stereocenters. The maximum atomic E-state index is 12.4. The van der Waals surface area contributed by atoms with E-state index >= 15 is 0 Å². The van der Waals surface area contributed by atoms with Crippen molar-refractivity contribution in [2.45, 2.75) is 58.0 Å². The molecule has 2 aliphatic carbocycles. The molecule has 2 fully saturated rings. The molecule has 0 aromatic carbocycles. The first kappa shape index (κ1) is 13.6. The van der Waals surface area contributed by atoms with E-state index < -0.39 is 0 Å². The molecule has 2 unspecified atom stereocenters. The van der Waals surface area contributed by atoms with Crippen LogP contribution in [0.25, 0.3) is 0 Å². The van der Waals surface area contributed by atoms with E-state index in [9.17, 15) is 4.79 Å². The average Bonchev–Trinajstić information content (AvgIpc) is 2.69. The van der Waals surface area contributed by atoms with Gasteiger partial charge in [-0.25, -0.2) is 4.98 Å². The van der Waals surface area contributed by atoms with E-state index in [0.717, 1.165) is 12.8 Å². The SMILES string of the molecule is Cc1nc(C)c(C(=O)NC2C3CCCC2CC(N)C3)o1. The third kappa shape index (κ3) is 2.46. The predicted molar refractivity (Wildman–Crippen MR) is 75.3 cm³/mol. The monoisotopic (exact) mass is 277 g/mol. The van der Waals surface area contributed by atoms with Gasteiger partial charge in [0.15, 0.2) is 5.89 Å². The Hall–Kier alpha value is -1.36. The Morgan fingerprint density at radius 3 is 2.50 bits per heavy atom. The molecule has 0 spiro atoms. The molecule has 2 bridgehead atoms. The largest absolute Gasteiger partial charge is 0.436 e. The van der Waals surface area contributed by atoms with Gasteiger partial charge in [-0.2, -0.15) is 0 Å². The number of hydrogen-bond donors (Lipinski definition) is 2. The minimum atomic E-state index is -0.125. The third-order valence-electron chi connectivity index (χ3n) is 4.78. The number of nitrogens with one attached hydrogen (secondary N) is 1. The van der Waals surface area contributed by atoms with Crippen molar-refractivity contribution >= 4 is 5.91 Å². The number of oxazole rings is 1. The van der Waals surface area contributed by atoms with Crippen LogP contribution in [-0.2, 0) is 0 Å². The molecule has 1 aromatic heterocycles. The summed E-state index contributed by atoms with van der Waals surface area (Å²) in [6, 6.07) is 0.550. The van der Waals surface area contributed by atoms with Crippen LogP contribution in [0.2, 0.25) is 0 Å². The molecule has 1 aromatic rings. The van der Waals surface area contributed by atoms with Crippen LogP contribution in [0.4, 0.5) is 0 Å². The van der Waals surface area contributed by atoms with Crippen LogP contribution in [0.1, 0.15) is 54.2 Å². The zero-order valence-corrected chi connectivity index (χ0v) is 12.2. The van der Waals surface area contributed by atoms with Crippen molar-refractivity contribution in [1.82, 2.24) is 10.3 Å². The smallest absolute Gasteiger partial charge is 0.289 e. The van der Waals surface area contributed by atoms with Gasteiger partial charge < -0.3 is 15.5 Å². The maximum absolute atomic E-state index is 12.4. The molecule has 20 heavy (non-hydrogen) atoms. The fraction of sp³-hybridized carbons (Fsp3) is 0.733. The lowest BCUT2D eigenvalue weighted by atomic mass is 9.67. The number of carbonyl (C=O) groups is 1. The lowest BCUT2D eigenvalue weighted by Crippen LogP contribution is -2.53. The molecular weight excluding hydrogens is 254 g/mol. The highest BCUT2D eigenvalue weighted by atomic mass is 16.4. The zero-order chi connectivity index (χ0) is 14.3. The first-order chi connectivity index (χ1) is 9.54. The van der Waals surface area contributed by atoms with E-state index in [-0.39, 0.29) is 11.9 Å². The van der Waals surface area contributed by atoms with Gasteiger partial charge in [-0.05, 0) is 44.4 Å². The summed E-state index contributed by atoms with van der Waals surface area (Å²) >= 11 is 0. The quantitative estimate of drug-likeness (QED) is 0.865. The first-order valence-corrected chi connectivity index (χ1v) is 7.55. The summed E-state index contributed by atoms with van der Waals surface area (Å²) in [7, 11) is 0. The predicted octanol–water partition coefficient (Wildman–Crippen LogP) is 1.93. The Bertz CT molecular complexity index is 497. The van der Waals surface area contributed by atoms with Crippen molar-refractivity contribution in [3.8, 4) is 0 Å². The number of nitrogens with zero attached hydrogens (tertiary/aromatic N) is 1. The second-order valence-electron chi connectivity index (χ2n) is 6.33. The molecule has 0 radical (unpaired) electrons. The highest BCUT2D eigenvalue weighted by Crippen LogP contribution is 2.39. The van der Waals surface area contributed by atoms with Gasteiger partial charge in [-0.1, -0.05) is 6.42 Å². The lowest BCUT2D eigenvalue weighted by molar-refractivity contribution is 0.0730. The molecule has 1 heterocycles. The fourth-order valence-electron chi connectivity index (χ4n) is 3.98. The van der Waals surface area contributed by atoms with Crippen LogP contribution < -0.4 is 11.1 Å².